The molecule has 9 nitrogen and oxygen atoms in total. The molecule has 3 aromatic heterocycles. The van der Waals surface area contributed by atoms with Crippen molar-refractivity contribution in [2.75, 3.05) is 18.2 Å². The van der Waals surface area contributed by atoms with Gasteiger partial charge in [-0.1, -0.05) is 0 Å². The van der Waals surface area contributed by atoms with Crippen molar-refractivity contribution in [1.82, 2.24) is 24.9 Å². The number of methoxy groups -OCH3 is 1. The van der Waals surface area contributed by atoms with E-state index in [1.807, 2.05) is 0 Å². The van der Waals surface area contributed by atoms with Gasteiger partial charge in [0.15, 0.2) is 11.6 Å². The van der Waals surface area contributed by atoms with E-state index in [1.165, 1.54) is 25.6 Å². The van der Waals surface area contributed by atoms with Crippen molar-refractivity contribution in [2.24, 2.45) is 0 Å². The summed E-state index contributed by atoms with van der Waals surface area (Å²) < 4.78 is 18.7. The van der Waals surface area contributed by atoms with Gasteiger partial charge in [0, 0.05) is 18.6 Å². The normalized spacial score (nSPS) is 10.5. The zero-order valence-corrected chi connectivity index (χ0v) is 14.6. The van der Waals surface area contributed by atoms with Crippen LogP contribution < -0.4 is 15.8 Å². The lowest BCUT2D eigenvalue weighted by molar-refractivity contribution is -0.107. The number of carbonyl (C=O) groups excluding carboxylic acids is 1. The number of aromatic nitrogens is 5. The van der Waals surface area contributed by atoms with Crippen LogP contribution in [0.2, 0.25) is 0 Å². The summed E-state index contributed by atoms with van der Waals surface area (Å²) in [7, 11) is 1.33. The number of hydrogen-bond donors (Lipinski definition) is 2. The van der Waals surface area contributed by atoms with Crippen LogP contribution in [0, 0.1) is 12.7 Å². The summed E-state index contributed by atoms with van der Waals surface area (Å²) in [6.45, 7) is 1.69. The predicted molar refractivity (Wildman–Crippen MR) is 96.0 cm³/mol. The molecule has 0 amide bonds. The Morgan fingerprint density at radius 1 is 1.22 bits per heavy atom. The van der Waals surface area contributed by atoms with E-state index in [-0.39, 0.29) is 18.1 Å². The highest BCUT2D eigenvalue weighted by atomic mass is 19.1. The Morgan fingerprint density at radius 2 is 2.04 bits per heavy atom. The Labute approximate surface area is 153 Å². The summed E-state index contributed by atoms with van der Waals surface area (Å²) in [6.07, 6.45) is 3.67. The fraction of sp³-hybridized carbons (Fsp3) is 0.176. The Balaban J connectivity index is 2.06. The van der Waals surface area contributed by atoms with Crippen LogP contribution in [0.1, 0.15) is 11.5 Å². The highest BCUT2D eigenvalue weighted by molar-refractivity contribution is 5.74. The van der Waals surface area contributed by atoms with Crippen molar-refractivity contribution in [3.05, 3.63) is 41.9 Å². The van der Waals surface area contributed by atoms with Crippen molar-refractivity contribution in [3.63, 3.8) is 0 Å². The van der Waals surface area contributed by atoms with Crippen molar-refractivity contribution >= 4 is 23.6 Å². The monoisotopic (exact) mass is 369 g/mol. The molecular formula is C17H16FN7O2. The first-order valence-corrected chi connectivity index (χ1v) is 7.87. The van der Waals surface area contributed by atoms with Gasteiger partial charge in [0.05, 0.1) is 36.6 Å². The van der Waals surface area contributed by atoms with E-state index in [2.05, 4.69) is 30.2 Å². The highest BCUT2D eigenvalue weighted by Gasteiger charge is 2.15. The van der Waals surface area contributed by atoms with Crippen LogP contribution >= 0.6 is 0 Å². The lowest BCUT2D eigenvalue weighted by atomic mass is 10.2. The molecule has 27 heavy (non-hydrogen) atoms. The summed E-state index contributed by atoms with van der Waals surface area (Å²) in [6, 6.07) is 2.76. The molecule has 3 rings (SSSR count). The molecule has 0 saturated heterocycles. The molecule has 0 spiro atoms. The van der Waals surface area contributed by atoms with E-state index in [1.54, 1.807) is 13.0 Å². The van der Waals surface area contributed by atoms with Crippen LogP contribution in [-0.2, 0) is 11.2 Å². The number of halogens is 1. The number of nitrogens with one attached hydrogen (secondary N) is 1. The van der Waals surface area contributed by atoms with E-state index in [0.29, 0.717) is 34.4 Å². The number of nitrogens with zero attached hydrogens (tertiary/aromatic N) is 5. The van der Waals surface area contributed by atoms with Crippen molar-refractivity contribution in [2.45, 2.75) is 13.3 Å². The summed E-state index contributed by atoms with van der Waals surface area (Å²) in [5.74, 6) is 0.275. The molecule has 0 atom stereocenters. The van der Waals surface area contributed by atoms with Crippen LogP contribution in [-0.4, -0.2) is 38.3 Å². The minimum absolute atomic E-state index is 0.0958. The predicted octanol–water partition coefficient (Wildman–Crippen LogP) is 1.85. The van der Waals surface area contributed by atoms with Gasteiger partial charge in [-0.3, -0.25) is 0 Å². The lowest BCUT2D eigenvalue weighted by Crippen LogP contribution is -2.06. The number of carbonyl (C=O) groups is 1. The van der Waals surface area contributed by atoms with Gasteiger partial charge in [0.25, 0.3) is 0 Å². The number of aldehydes is 1. The van der Waals surface area contributed by atoms with Crippen LogP contribution in [0.3, 0.4) is 0 Å². The van der Waals surface area contributed by atoms with E-state index in [9.17, 15) is 9.18 Å². The molecule has 0 aliphatic rings. The smallest absolute Gasteiger partial charge is 0.250 e. The highest BCUT2D eigenvalue weighted by Crippen LogP contribution is 2.27. The number of rotatable bonds is 6. The van der Waals surface area contributed by atoms with Gasteiger partial charge in [-0.25, -0.2) is 29.3 Å². The van der Waals surface area contributed by atoms with Gasteiger partial charge >= 0.3 is 0 Å². The minimum atomic E-state index is -0.628. The maximum atomic E-state index is 13.9. The number of nitrogen functional groups attached to an aromatic ring is 1. The van der Waals surface area contributed by atoms with Gasteiger partial charge in [-0.2, -0.15) is 0 Å². The van der Waals surface area contributed by atoms with E-state index in [4.69, 9.17) is 10.5 Å². The zero-order chi connectivity index (χ0) is 19.4. The molecule has 0 fully saturated rings. The summed E-state index contributed by atoms with van der Waals surface area (Å²) >= 11 is 0. The maximum absolute atomic E-state index is 13.9. The van der Waals surface area contributed by atoms with Gasteiger partial charge in [-0.15, -0.1) is 0 Å². The van der Waals surface area contributed by atoms with Crippen molar-refractivity contribution in [3.8, 4) is 17.3 Å². The molecule has 0 aromatic carbocycles. The fourth-order valence-electron chi connectivity index (χ4n) is 2.37. The second-order valence-electron chi connectivity index (χ2n) is 5.49. The Hall–Kier alpha value is -3.69. The van der Waals surface area contributed by atoms with Crippen LogP contribution in [0.4, 0.5) is 21.7 Å². The second kappa shape index (κ2) is 7.68. The third-order valence-electron chi connectivity index (χ3n) is 3.48. The topological polar surface area (TPSA) is 129 Å². The molecule has 138 valence electrons. The van der Waals surface area contributed by atoms with Crippen molar-refractivity contribution in [1.29, 1.82) is 0 Å². The van der Waals surface area contributed by atoms with Crippen LogP contribution in [0.25, 0.3) is 11.4 Å². The number of nitrogens with two attached hydrogens (primary N) is 1. The fourth-order valence-corrected chi connectivity index (χ4v) is 2.37. The van der Waals surface area contributed by atoms with Gasteiger partial charge < -0.3 is 20.6 Å². The number of ether oxygens (including phenoxy) is 1. The van der Waals surface area contributed by atoms with E-state index in [0.717, 1.165) is 6.29 Å². The summed E-state index contributed by atoms with van der Waals surface area (Å²) in [4.78, 5) is 31.7. The summed E-state index contributed by atoms with van der Waals surface area (Å²) in [5.41, 5.74) is 7.37. The van der Waals surface area contributed by atoms with Gasteiger partial charge in [-0.05, 0) is 6.92 Å². The first-order valence-electron chi connectivity index (χ1n) is 7.87. The number of aryl methyl sites for hydroxylation is 1. The molecule has 0 bridgehead atoms. The first-order chi connectivity index (χ1) is 13.0. The average Bonchev–Trinajstić information content (AvgIpc) is 2.62. The first kappa shape index (κ1) is 18.1. The molecule has 0 aliphatic carbocycles. The second-order valence-corrected chi connectivity index (χ2v) is 5.49. The minimum Gasteiger partial charge on any atom is -0.479 e. The van der Waals surface area contributed by atoms with Gasteiger partial charge in [0.2, 0.25) is 5.88 Å². The Kier molecular flexibility index (Phi) is 5.15. The standard InChI is InChI=1S/C17H16FN7O2/c1-9-22-13(6-14(19)23-9)15-16(20-7-10(24-15)3-4-26)25-11-5-12(18)17(27-2)21-8-11/h4-8H,3H2,1-2H3,(H,20,25)(H2,19,22,23). The average molecular weight is 369 g/mol. The molecular weight excluding hydrogens is 353 g/mol. The molecule has 0 unspecified atom stereocenters. The Morgan fingerprint density at radius 3 is 2.70 bits per heavy atom. The van der Waals surface area contributed by atoms with Crippen LogP contribution in [0.15, 0.2) is 24.5 Å². The number of anilines is 3. The molecule has 0 radical (unpaired) electrons. The molecule has 3 N–H and O–H groups in total. The zero-order valence-electron chi connectivity index (χ0n) is 14.6. The molecule has 0 saturated carbocycles. The molecule has 10 heteroatoms. The Bertz CT molecular complexity index is 977. The van der Waals surface area contributed by atoms with Crippen molar-refractivity contribution < 1.29 is 13.9 Å². The quantitative estimate of drug-likeness (QED) is 0.625. The molecule has 0 aliphatic heterocycles. The lowest BCUT2D eigenvalue weighted by Gasteiger charge is -2.12. The van der Waals surface area contributed by atoms with Crippen LogP contribution in [0.5, 0.6) is 5.88 Å². The third kappa shape index (κ3) is 4.11. The maximum Gasteiger partial charge on any atom is 0.250 e. The SMILES string of the molecule is COc1ncc(Nc2ncc(CC=O)nc2-c2cc(N)nc(C)n2)cc1F. The number of hydrogen-bond acceptors (Lipinski definition) is 9. The van der Waals surface area contributed by atoms with Gasteiger partial charge in [0.1, 0.15) is 23.6 Å². The molecule has 3 heterocycles. The van der Waals surface area contributed by atoms with E-state index < -0.39 is 5.82 Å². The third-order valence-corrected chi connectivity index (χ3v) is 3.48. The van der Waals surface area contributed by atoms with E-state index >= 15 is 0 Å². The number of pyridine rings is 1. The largest absolute Gasteiger partial charge is 0.479 e. The summed E-state index contributed by atoms with van der Waals surface area (Å²) in [5, 5.41) is 2.95. The molecule has 3 aromatic rings.